The molecule has 7 atom stereocenters. The zero-order chi connectivity index (χ0) is 43.0. The van der Waals surface area contributed by atoms with Gasteiger partial charge in [-0.15, -0.1) is 0 Å². The Balaban J connectivity index is 2.29. The molecule has 1 aliphatic heterocycles. The molecule has 0 saturated carbocycles. The van der Waals surface area contributed by atoms with Gasteiger partial charge in [0.1, 0.15) is 24.4 Å². The summed E-state index contributed by atoms with van der Waals surface area (Å²) in [4.78, 5) is 12.9. The number of unbranched alkanes of at least 4 members (excludes halogenated alkanes) is 24. The van der Waals surface area contributed by atoms with Crippen LogP contribution in [0, 0.1) is 0 Å². The van der Waals surface area contributed by atoms with Crippen molar-refractivity contribution in [3.63, 3.8) is 0 Å². The fraction of sp³-hybridized carbons (Fsp3) is 0.820. The molecule has 0 bridgehead atoms. The minimum atomic E-state index is -1.58. The van der Waals surface area contributed by atoms with Crippen LogP contribution in [0.2, 0.25) is 0 Å². The second kappa shape index (κ2) is 40.2. The Morgan fingerprint density at radius 3 is 1.49 bits per heavy atom. The number of hydrogen-bond acceptors (Lipinski definition) is 8. The molecular formula is C50H91NO8. The number of allylic oxidation sites excluding steroid dienone is 7. The fourth-order valence-corrected chi connectivity index (χ4v) is 7.43. The van der Waals surface area contributed by atoms with Gasteiger partial charge in [-0.3, -0.25) is 4.79 Å². The van der Waals surface area contributed by atoms with Crippen LogP contribution in [-0.4, -0.2) is 87.5 Å². The lowest BCUT2D eigenvalue weighted by Gasteiger charge is -2.40. The number of carbonyl (C=O) groups is 1. The van der Waals surface area contributed by atoms with Gasteiger partial charge in [-0.05, 0) is 64.2 Å². The number of amides is 1. The minimum absolute atomic E-state index is 0.204. The molecule has 1 amide bonds. The van der Waals surface area contributed by atoms with Gasteiger partial charge in [-0.25, -0.2) is 0 Å². The van der Waals surface area contributed by atoms with Crippen LogP contribution in [0.5, 0.6) is 0 Å². The molecule has 0 spiro atoms. The van der Waals surface area contributed by atoms with Crippen molar-refractivity contribution in [1.29, 1.82) is 0 Å². The number of hydrogen-bond donors (Lipinski definition) is 6. The Morgan fingerprint density at radius 1 is 0.559 bits per heavy atom. The molecule has 0 aromatic heterocycles. The number of aliphatic hydroxyl groups is 5. The van der Waals surface area contributed by atoms with Gasteiger partial charge in [0.25, 0.3) is 0 Å². The maximum Gasteiger partial charge on any atom is 0.220 e. The summed E-state index contributed by atoms with van der Waals surface area (Å²) in [6.45, 7) is 3.68. The van der Waals surface area contributed by atoms with Crippen molar-refractivity contribution < 1.29 is 39.8 Å². The third-order valence-electron chi connectivity index (χ3n) is 11.3. The van der Waals surface area contributed by atoms with Gasteiger partial charge in [0.15, 0.2) is 6.29 Å². The van der Waals surface area contributed by atoms with E-state index in [4.69, 9.17) is 9.47 Å². The quantitative estimate of drug-likeness (QED) is 0.0264. The van der Waals surface area contributed by atoms with E-state index in [0.717, 1.165) is 70.6 Å². The third kappa shape index (κ3) is 30.8. The van der Waals surface area contributed by atoms with Crippen LogP contribution in [0.3, 0.4) is 0 Å². The highest BCUT2D eigenvalue weighted by atomic mass is 16.7. The third-order valence-corrected chi connectivity index (χ3v) is 11.3. The van der Waals surface area contributed by atoms with Gasteiger partial charge in [0, 0.05) is 6.42 Å². The number of rotatable bonds is 40. The molecular weight excluding hydrogens is 743 g/mol. The summed E-state index contributed by atoms with van der Waals surface area (Å²) in [7, 11) is 0. The molecule has 9 heteroatoms. The van der Waals surface area contributed by atoms with E-state index in [1.54, 1.807) is 6.08 Å². The molecule has 1 saturated heterocycles. The monoisotopic (exact) mass is 834 g/mol. The molecule has 1 rings (SSSR count). The van der Waals surface area contributed by atoms with Crippen molar-refractivity contribution in [3.8, 4) is 0 Å². The zero-order valence-corrected chi connectivity index (χ0v) is 37.7. The van der Waals surface area contributed by atoms with Crippen molar-refractivity contribution in [2.75, 3.05) is 13.2 Å². The zero-order valence-electron chi connectivity index (χ0n) is 37.7. The molecule has 1 fully saturated rings. The predicted octanol–water partition coefficient (Wildman–Crippen LogP) is 10.6. The average Bonchev–Trinajstić information content (AvgIpc) is 3.23. The highest BCUT2D eigenvalue weighted by Crippen LogP contribution is 2.22. The molecule has 7 unspecified atom stereocenters. The summed E-state index contributed by atoms with van der Waals surface area (Å²) >= 11 is 0. The second-order valence-electron chi connectivity index (χ2n) is 16.9. The van der Waals surface area contributed by atoms with Crippen molar-refractivity contribution in [3.05, 3.63) is 48.6 Å². The molecule has 344 valence electrons. The highest BCUT2D eigenvalue weighted by molar-refractivity contribution is 5.76. The molecule has 6 N–H and O–H groups in total. The molecule has 1 heterocycles. The standard InChI is InChI=1S/C50H91NO8/c1-3-5-7-9-11-13-15-16-17-18-19-20-21-22-23-24-25-26-27-28-29-30-31-33-35-37-39-44(53)43(42-58-50-49(57)48(56)47(55)45(41-52)59-50)51-46(54)40-38-36-34-32-14-12-10-8-6-4-2/h8,10,26-27,30-31,37,39,43-45,47-50,52-53,55-57H,3-7,9,11-25,28-29,32-36,38,40-42H2,1-2H3,(H,51,54)/b10-8-,27-26+,31-30+,39-37+. The van der Waals surface area contributed by atoms with Gasteiger partial charge in [0.2, 0.25) is 5.91 Å². The number of nitrogens with one attached hydrogen (secondary N) is 1. The summed E-state index contributed by atoms with van der Waals surface area (Å²) in [6.07, 6.45) is 44.7. The van der Waals surface area contributed by atoms with Crippen molar-refractivity contribution in [2.24, 2.45) is 0 Å². The maximum absolute atomic E-state index is 12.9. The fourth-order valence-electron chi connectivity index (χ4n) is 7.43. The second-order valence-corrected chi connectivity index (χ2v) is 16.9. The van der Waals surface area contributed by atoms with Crippen LogP contribution in [0.4, 0.5) is 0 Å². The lowest BCUT2D eigenvalue weighted by molar-refractivity contribution is -0.302. The smallest absolute Gasteiger partial charge is 0.220 e. The number of ether oxygens (including phenoxy) is 2. The Labute approximate surface area is 361 Å². The average molecular weight is 834 g/mol. The largest absolute Gasteiger partial charge is 0.394 e. The van der Waals surface area contributed by atoms with Gasteiger partial charge >= 0.3 is 0 Å². The first-order valence-electron chi connectivity index (χ1n) is 24.4. The summed E-state index contributed by atoms with van der Waals surface area (Å²) in [5, 5.41) is 54.1. The number of carbonyl (C=O) groups excluding carboxylic acids is 1. The van der Waals surface area contributed by atoms with E-state index < -0.39 is 49.5 Å². The summed E-state index contributed by atoms with van der Waals surface area (Å²) in [5.74, 6) is -0.204. The van der Waals surface area contributed by atoms with Crippen LogP contribution < -0.4 is 5.32 Å². The first kappa shape index (κ1) is 55.2. The Kier molecular flexibility index (Phi) is 37.6. The molecule has 0 aliphatic carbocycles. The van der Waals surface area contributed by atoms with Crippen LogP contribution in [0.25, 0.3) is 0 Å². The summed E-state index contributed by atoms with van der Waals surface area (Å²) < 4.78 is 11.2. The summed E-state index contributed by atoms with van der Waals surface area (Å²) in [6, 6.07) is -0.831. The van der Waals surface area contributed by atoms with Crippen LogP contribution in [0.1, 0.15) is 206 Å². The van der Waals surface area contributed by atoms with Crippen molar-refractivity contribution in [1.82, 2.24) is 5.32 Å². The SMILES string of the molecule is CCC/C=C\CCCCCCCC(=O)NC(COC1OC(CO)C(O)C(O)C1O)C(O)/C=C/CC/C=C/CC/C=C/CCCCCCCCCCCCCCCCCC. The van der Waals surface area contributed by atoms with Crippen LogP contribution in [0.15, 0.2) is 48.6 Å². The van der Waals surface area contributed by atoms with E-state index in [1.807, 2.05) is 6.08 Å². The lowest BCUT2D eigenvalue weighted by Crippen LogP contribution is -2.60. The van der Waals surface area contributed by atoms with E-state index in [0.29, 0.717) is 6.42 Å². The van der Waals surface area contributed by atoms with E-state index in [1.165, 1.54) is 116 Å². The molecule has 0 radical (unpaired) electrons. The maximum atomic E-state index is 12.9. The first-order chi connectivity index (χ1) is 28.8. The normalized spacial score (nSPS) is 21.1. The van der Waals surface area contributed by atoms with E-state index in [2.05, 4.69) is 55.6 Å². The van der Waals surface area contributed by atoms with Gasteiger partial charge < -0.3 is 40.3 Å². The molecule has 0 aromatic rings. The van der Waals surface area contributed by atoms with Crippen molar-refractivity contribution in [2.45, 2.75) is 249 Å². The lowest BCUT2D eigenvalue weighted by atomic mass is 9.99. The molecule has 0 aromatic carbocycles. The summed E-state index contributed by atoms with van der Waals surface area (Å²) in [5.41, 5.74) is 0. The Hall–Kier alpha value is -1.85. The van der Waals surface area contributed by atoms with E-state index >= 15 is 0 Å². The van der Waals surface area contributed by atoms with E-state index in [-0.39, 0.29) is 12.5 Å². The predicted molar refractivity (Wildman–Crippen MR) is 244 cm³/mol. The number of aliphatic hydroxyl groups excluding tert-OH is 5. The van der Waals surface area contributed by atoms with Gasteiger partial charge in [0.05, 0.1) is 25.4 Å². The van der Waals surface area contributed by atoms with E-state index in [9.17, 15) is 30.3 Å². The molecule has 9 nitrogen and oxygen atoms in total. The highest BCUT2D eigenvalue weighted by Gasteiger charge is 2.44. The van der Waals surface area contributed by atoms with Gasteiger partial charge in [-0.1, -0.05) is 184 Å². The Bertz CT molecular complexity index is 1060. The minimum Gasteiger partial charge on any atom is -0.394 e. The van der Waals surface area contributed by atoms with Crippen LogP contribution in [-0.2, 0) is 14.3 Å². The topological polar surface area (TPSA) is 149 Å². The molecule has 1 aliphatic rings. The van der Waals surface area contributed by atoms with Crippen LogP contribution >= 0.6 is 0 Å². The van der Waals surface area contributed by atoms with Crippen molar-refractivity contribution >= 4 is 5.91 Å². The first-order valence-corrected chi connectivity index (χ1v) is 24.4. The Morgan fingerprint density at radius 2 is 1.00 bits per heavy atom. The van der Waals surface area contributed by atoms with Gasteiger partial charge in [-0.2, -0.15) is 0 Å². The molecule has 59 heavy (non-hydrogen) atoms.